The lowest BCUT2D eigenvalue weighted by atomic mass is 9.98. The summed E-state index contributed by atoms with van der Waals surface area (Å²) in [6.07, 6.45) is 2.54. The van der Waals surface area contributed by atoms with E-state index in [1.807, 2.05) is 4.68 Å². The molecule has 1 aliphatic heterocycles. The van der Waals surface area contributed by atoms with Crippen molar-refractivity contribution >= 4 is 0 Å². The highest BCUT2D eigenvalue weighted by atomic mass is 19.2. The molecule has 5 nitrogen and oxygen atoms in total. The third-order valence-corrected chi connectivity index (χ3v) is 4.97. The summed E-state index contributed by atoms with van der Waals surface area (Å²) in [6, 6.07) is 4.07. The molecule has 1 aromatic carbocycles. The lowest BCUT2D eigenvalue weighted by molar-refractivity contribution is 0.131. The first-order valence-corrected chi connectivity index (χ1v) is 8.71. The third kappa shape index (κ3) is 3.57. The van der Waals surface area contributed by atoms with Gasteiger partial charge in [0.05, 0.1) is 12.3 Å². The predicted molar refractivity (Wildman–Crippen MR) is 87.8 cm³/mol. The molecule has 25 heavy (non-hydrogen) atoms. The van der Waals surface area contributed by atoms with Gasteiger partial charge in [0.15, 0.2) is 11.6 Å². The van der Waals surface area contributed by atoms with E-state index >= 15 is 0 Å². The van der Waals surface area contributed by atoms with Crippen molar-refractivity contribution in [2.45, 2.75) is 38.4 Å². The summed E-state index contributed by atoms with van der Waals surface area (Å²) in [5.74, 6) is -0.703. The van der Waals surface area contributed by atoms with Crippen LogP contribution < -0.4 is 0 Å². The molecule has 0 bridgehead atoms. The summed E-state index contributed by atoms with van der Waals surface area (Å²) in [7, 11) is 1.70. The molecule has 0 saturated heterocycles. The van der Waals surface area contributed by atoms with E-state index in [-0.39, 0.29) is 5.92 Å². The van der Waals surface area contributed by atoms with Crippen LogP contribution in [0.2, 0.25) is 0 Å². The number of halogens is 2. The average Bonchev–Trinajstić information content (AvgIpc) is 3.31. The van der Waals surface area contributed by atoms with Crippen LogP contribution in [0.4, 0.5) is 8.78 Å². The molecule has 0 amide bonds. The summed E-state index contributed by atoms with van der Waals surface area (Å²) < 4.78 is 34.0. The molecule has 0 radical (unpaired) electrons. The first kappa shape index (κ1) is 16.6. The standard InChI is InChI=1S/C18H22F2N4O/c1-25-11-14-9-23(7-13-4-5-15(19)16(20)6-13)10-17-18(14)24(22-21-17)8-12-2-3-12/h4-6,12,14H,2-3,7-11H2,1H3/t14-/m0/s1. The van der Waals surface area contributed by atoms with Crippen molar-refractivity contribution in [1.82, 2.24) is 19.9 Å². The Kier molecular flexibility index (Phi) is 4.52. The fraction of sp³-hybridized carbons (Fsp3) is 0.556. The highest BCUT2D eigenvalue weighted by molar-refractivity contribution is 5.22. The van der Waals surface area contributed by atoms with Gasteiger partial charge in [-0.05, 0) is 36.5 Å². The summed E-state index contributed by atoms with van der Waals surface area (Å²) >= 11 is 0. The predicted octanol–water partition coefficient (Wildman–Crippen LogP) is 2.71. The van der Waals surface area contributed by atoms with Crippen molar-refractivity contribution in [1.29, 1.82) is 0 Å². The normalized spacial score (nSPS) is 20.7. The van der Waals surface area contributed by atoms with E-state index in [4.69, 9.17) is 4.74 Å². The minimum Gasteiger partial charge on any atom is -0.384 e. The Morgan fingerprint density at radius 3 is 2.80 bits per heavy atom. The highest BCUT2D eigenvalue weighted by Gasteiger charge is 2.33. The number of hydrogen-bond donors (Lipinski definition) is 0. The van der Waals surface area contributed by atoms with Crippen LogP contribution in [0.3, 0.4) is 0 Å². The molecule has 2 aliphatic rings. The van der Waals surface area contributed by atoms with Crippen LogP contribution in [-0.4, -0.2) is 40.2 Å². The lowest BCUT2D eigenvalue weighted by Gasteiger charge is -2.32. The Morgan fingerprint density at radius 1 is 1.24 bits per heavy atom. The van der Waals surface area contributed by atoms with E-state index in [1.54, 1.807) is 13.2 Å². The molecular weight excluding hydrogens is 326 g/mol. The van der Waals surface area contributed by atoms with E-state index in [9.17, 15) is 8.78 Å². The molecular formula is C18H22F2N4O. The fourth-order valence-electron chi connectivity index (χ4n) is 3.62. The molecule has 0 N–H and O–H groups in total. The molecule has 134 valence electrons. The Balaban J connectivity index is 1.53. The topological polar surface area (TPSA) is 43.2 Å². The van der Waals surface area contributed by atoms with Crippen molar-refractivity contribution < 1.29 is 13.5 Å². The van der Waals surface area contributed by atoms with Crippen LogP contribution in [0.25, 0.3) is 0 Å². The van der Waals surface area contributed by atoms with Gasteiger partial charge < -0.3 is 4.74 Å². The van der Waals surface area contributed by atoms with Crippen molar-refractivity contribution in [2.24, 2.45) is 5.92 Å². The molecule has 1 fully saturated rings. The molecule has 4 rings (SSSR count). The Hall–Kier alpha value is -1.86. The molecule has 0 unspecified atom stereocenters. The van der Waals surface area contributed by atoms with Gasteiger partial charge >= 0.3 is 0 Å². The lowest BCUT2D eigenvalue weighted by Crippen LogP contribution is -2.36. The minimum atomic E-state index is -0.815. The SMILES string of the molecule is COC[C@@H]1CN(Cc2ccc(F)c(F)c2)Cc2nnn(CC3CC3)c21. The zero-order valence-electron chi connectivity index (χ0n) is 14.3. The molecule has 1 saturated carbocycles. The monoisotopic (exact) mass is 348 g/mol. The van der Waals surface area contributed by atoms with Crippen LogP contribution in [0.5, 0.6) is 0 Å². The Bertz CT molecular complexity index is 760. The number of methoxy groups -OCH3 is 1. The second-order valence-corrected chi connectivity index (χ2v) is 7.12. The number of fused-ring (bicyclic) bond motifs is 1. The Morgan fingerprint density at radius 2 is 2.08 bits per heavy atom. The number of nitrogens with zero attached hydrogens (tertiary/aromatic N) is 4. The quantitative estimate of drug-likeness (QED) is 0.805. The minimum absolute atomic E-state index is 0.188. The van der Waals surface area contributed by atoms with Gasteiger partial charge in [-0.2, -0.15) is 0 Å². The molecule has 1 aliphatic carbocycles. The van der Waals surface area contributed by atoms with Crippen LogP contribution in [0.1, 0.15) is 35.7 Å². The van der Waals surface area contributed by atoms with Gasteiger partial charge in [0.1, 0.15) is 5.69 Å². The first-order chi connectivity index (χ1) is 12.1. The van der Waals surface area contributed by atoms with Gasteiger partial charge in [-0.1, -0.05) is 11.3 Å². The summed E-state index contributed by atoms with van der Waals surface area (Å²) in [5.41, 5.74) is 2.90. The van der Waals surface area contributed by atoms with Crippen molar-refractivity contribution in [3.05, 3.63) is 46.8 Å². The smallest absolute Gasteiger partial charge is 0.159 e. The van der Waals surface area contributed by atoms with Crippen molar-refractivity contribution in [3.8, 4) is 0 Å². The largest absolute Gasteiger partial charge is 0.384 e. The zero-order chi connectivity index (χ0) is 17.4. The van der Waals surface area contributed by atoms with Gasteiger partial charge in [0, 0.05) is 39.2 Å². The van der Waals surface area contributed by atoms with Gasteiger partial charge in [0.25, 0.3) is 0 Å². The zero-order valence-corrected chi connectivity index (χ0v) is 14.3. The maximum atomic E-state index is 13.5. The van der Waals surface area contributed by atoms with E-state index in [1.165, 1.54) is 30.7 Å². The second kappa shape index (κ2) is 6.80. The van der Waals surface area contributed by atoms with E-state index < -0.39 is 11.6 Å². The number of hydrogen-bond acceptors (Lipinski definition) is 4. The van der Waals surface area contributed by atoms with Crippen LogP contribution in [0, 0.1) is 17.6 Å². The highest BCUT2D eigenvalue weighted by Crippen LogP contribution is 2.34. The summed E-state index contributed by atoms with van der Waals surface area (Å²) in [5, 5.41) is 8.73. The number of benzene rings is 1. The summed E-state index contributed by atoms with van der Waals surface area (Å²) in [4.78, 5) is 2.19. The van der Waals surface area contributed by atoms with Crippen LogP contribution in [-0.2, 0) is 24.4 Å². The summed E-state index contributed by atoms with van der Waals surface area (Å²) in [6.45, 7) is 3.54. The van der Waals surface area contributed by atoms with Gasteiger partial charge in [-0.3, -0.25) is 4.90 Å². The van der Waals surface area contributed by atoms with E-state index in [0.717, 1.165) is 30.3 Å². The maximum Gasteiger partial charge on any atom is 0.159 e. The number of rotatable bonds is 6. The van der Waals surface area contributed by atoms with E-state index in [2.05, 4.69) is 15.2 Å². The molecule has 2 aromatic rings. The van der Waals surface area contributed by atoms with Crippen LogP contribution in [0.15, 0.2) is 18.2 Å². The second-order valence-electron chi connectivity index (χ2n) is 7.12. The van der Waals surface area contributed by atoms with Gasteiger partial charge in [0.2, 0.25) is 0 Å². The first-order valence-electron chi connectivity index (χ1n) is 8.71. The Labute approximate surface area is 145 Å². The third-order valence-electron chi connectivity index (χ3n) is 4.97. The fourth-order valence-corrected chi connectivity index (χ4v) is 3.62. The van der Waals surface area contributed by atoms with Crippen LogP contribution >= 0.6 is 0 Å². The molecule has 1 atom stereocenters. The maximum absolute atomic E-state index is 13.5. The average molecular weight is 348 g/mol. The molecule has 0 spiro atoms. The van der Waals surface area contributed by atoms with Gasteiger partial charge in [-0.25, -0.2) is 13.5 Å². The number of aromatic nitrogens is 3. The molecule has 7 heteroatoms. The molecule has 2 heterocycles. The van der Waals surface area contributed by atoms with Gasteiger partial charge in [-0.15, -0.1) is 5.10 Å². The molecule has 1 aromatic heterocycles. The van der Waals surface area contributed by atoms with E-state index in [0.29, 0.717) is 19.7 Å². The number of ether oxygens (including phenoxy) is 1. The van der Waals surface area contributed by atoms with Crippen molar-refractivity contribution in [2.75, 3.05) is 20.3 Å². The van der Waals surface area contributed by atoms with Crippen molar-refractivity contribution in [3.63, 3.8) is 0 Å².